The molecule has 7 heteroatoms. The van der Waals surface area contributed by atoms with E-state index in [1.54, 1.807) is 7.11 Å². The molecule has 2 rings (SSSR count). The lowest BCUT2D eigenvalue weighted by molar-refractivity contribution is 0.136. The minimum absolute atomic E-state index is 0.594. The van der Waals surface area contributed by atoms with Gasteiger partial charge in [-0.1, -0.05) is 19.1 Å². The van der Waals surface area contributed by atoms with Crippen molar-refractivity contribution >= 4 is 5.96 Å². The zero-order valence-electron chi connectivity index (χ0n) is 20.8. The van der Waals surface area contributed by atoms with E-state index in [-0.39, 0.29) is 0 Å². The Bertz CT molecular complexity index is 660. The molecule has 1 aromatic carbocycles. The number of benzene rings is 1. The second-order valence-electron chi connectivity index (χ2n) is 8.41. The van der Waals surface area contributed by atoms with Crippen LogP contribution in [-0.4, -0.2) is 88.4 Å². The van der Waals surface area contributed by atoms with Crippen molar-refractivity contribution in [3.8, 4) is 5.75 Å². The first kappa shape index (κ1) is 26.4. The Kier molecular flexibility index (Phi) is 13.1. The summed E-state index contributed by atoms with van der Waals surface area (Å²) in [4.78, 5) is 9.92. The van der Waals surface area contributed by atoms with E-state index in [9.17, 15) is 0 Å². The molecule has 1 aliphatic heterocycles. The van der Waals surface area contributed by atoms with Crippen molar-refractivity contribution in [3.63, 3.8) is 0 Å². The number of ether oxygens (including phenoxy) is 2. The van der Waals surface area contributed by atoms with E-state index in [0.717, 1.165) is 43.2 Å². The van der Waals surface area contributed by atoms with E-state index in [0.29, 0.717) is 19.8 Å². The summed E-state index contributed by atoms with van der Waals surface area (Å²) in [6, 6.07) is 6.33. The average molecular weight is 448 g/mol. The van der Waals surface area contributed by atoms with Gasteiger partial charge in [0.05, 0.1) is 13.2 Å². The summed E-state index contributed by atoms with van der Waals surface area (Å²) in [6.45, 7) is 17.4. The van der Waals surface area contributed by atoms with Crippen LogP contribution in [-0.2, 0) is 11.3 Å². The highest BCUT2D eigenvalue weighted by Crippen LogP contribution is 2.21. The van der Waals surface area contributed by atoms with E-state index in [1.165, 1.54) is 51.3 Å². The van der Waals surface area contributed by atoms with Gasteiger partial charge >= 0.3 is 0 Å². The topological polar surface area (TPSA) is 61.4 Å². The minimum atomic E-state index is 0.594. The van der Waals surface area contributed by atoms with Crippen molar-refractivity contribution in [1.29, 1.82) is 0 Å². The Balaban J connectivity index is 1.76. The number of aryl methyl sites for hydroxylation is 1. The molecule has 2 N–H and O–H groups in total. The third-order valence-corrected chi connectivity index (χ3v) is 5.83. The van der Waals surface area contributed by atoms with Crippen LogP contribution in [0.3, 0.4) is 0 Å². The van der Waals surface area contributed by atoms with E-state index in [4.69, 9.17) is 14.5 Å². The molecule has 1 aromatic rings. The summed E-state index contributed by atoms with van der Waals surface area (Å²) in [6.07, 6.45) is 3.25. The molecule has 1 saturated heterocycles. The zero-order valence-corrected chi connectivity index (χ0v) is 20.8. The zero-order chi connectivity index (χ0) is 23.0. The lowest BCUT2D eigenvalue weighted by Gasteiger charge is -2.34. The van der Waals surface area contributed by atoms with Crippen molar-refractivity contribution in [3.05, 3.63) is 29.3 Å². The first-order chi connectivity index (χ1) is 15.7. The fourth-order valence-corrected chi connectivity index (χ4v) is 3.81. The molecule has 7 nitrogen and oxygen atoms in total. The van der Waals surface area contributed by atoms with Crippen LogP contribution in [0.1, 0.15) is 44.2 Å². The lowest BCUT2D eigenvalue weighted by Crippen LogP contribution is -2.46. The Labute approximate surface area is 195 Å². The van der Waals surface area contributed by atoms with Crippen molar-refractivity contribution in [2.45, 2.75) is 46.6 Å². The standard InChI is InChI=1S/C25H45N5O2/c1-5-26-25(27-12-7-8-13-30-16-14-29(6-2)15-17-30)28-21-23-11-10-22(3)20-24(23)32-19-9-18-31-4/h10-11,20H,5-9,12-19,21H2,1-4H3,(H2,26,27,28). The molecule has 0 unspecified atom stereocenters. The van der Waals surface area contributed by atoms with Gasteiger partial charge in [0, 0.05) is 65.0 Å². The quantitative estimate of drug-likeness (QED) is 0.260. The normalized spacial score (nSPS) is 15.7. The number of rotatable bonds is 14. The maximum Gasteiger partial charge on any atom is 0.191 e. The summed E-state index contributed by atoms with van der Waals surface area (Å²) < 4.78 is 11.1. The maximum absolute atomic E-state index is 6.00. The molecule has 182 valence electrons. The highest BCUT2D eigenvalue weighted by molar-refractivity contribution is 5.79. The molecule has 0 amide bonds. The monoisotopic (exact) mass is 447 g/mol. The number of piperazine rings is 1. The molecule has 32 heavy (non-hydrogen) atoms. The summed E-state index contributed by atoms with van der Waals surface area (Å²) in [5.74, 6) is 1.79. The second-order valence-corrected chi connectivity index (χ2v) is 8.41. The SMILES string of the molecule is CCNC(=NCc1ccc(C)cc1OCCCOC)NCCCCN1CCN(CC)CC1. The Morgan fingerprint density at radius 1 is 1.00 bits per heavy atom. The highest BCUT2D eigenvalue weighted by Gasteiger charge is 2.14. The number of nitrogens with zero attached hydrogens (tertiary/aromatic N) is 3. The summed E-state index contributed by atoms with van der Waals surface area (Å²) in [7, 11) is 1.72. The molecule has 1 aliphatic rings. The third kappa shape index (κ3) is 10.2. The third-order valence-electron chi connectivity index (χ3n) is 5.83. The Morgan fingerprint density at radius 3 is 2.50 bits per heavy atom. The van der Waals surface area contributed by atoms with Gasteiger partial charge in [-0.2, -0.15) is 0 Å². The van der Waals surface area contributed by atoms with Crippen LogP contribution in [0.15, 0.2) is 23.2 Å². The van der Waals surface area contributed by atoms with Gasteiger partial charge in [0.25, 0.3) is 0 Å². The van der Waals surface area contributed by atoms with Gasteiger partial charge in [-0.15, -0.1) is 0 Å². The molecule has 0 bridgehead atoms. The molecule has 1 heterocycles. The van der Waals surface area contributed by atoms with Gasteiger partial charge in [-0.05, 0) is 51.4 Å². The number of hydrogen-bond donors (Lipinski definition) is 2. The average Bonchev–Trinajstić information content (AvgIpc) is 2.81. The van der Waals surface area contributed by atoms with Gasteiger partial charge in [0.2, 0.25) is 0 Å². The molecular formula is C25H45N5O2. The predicted octanol–water partition coefficient (Wildman–Crippen LogP) is 2.88. The van der Waals surface area contributed by atoms with Gasteiger partial charge in [-0.3, -0.25) is 0 Å². The van der Waals surface area contributed by atoms with Crippen LogP contribution in [0.5, 0.6) is 5.75 Å². The largest absolute Gasteiger partial charge is 0.493 e. The molecule has 0 aromatic heterocycles. The molecule has 0 atom stereocenters. The maximum atomic E-state index is 6.00. The number of hydrogen-bond acceptors (Lipinski definition) is 5. The fraction of sp³-hybridized carbons (Fsp3) is 0.720. The lowest BCUT2D eigenvalue weighted by atomic mass is 10.1. The van der Waals surface area contributed by atoms with Crippen LogP contribution in [0.4, 0.5) is 0 Å². The first-order valence-electron chi connectivity index (χ1n) is 12.3. The molecular weight excluding hydrogens is 402 g/mol. The predicted molar refractivity (Wildman–Crippen MR) is 134 cm³/mol. The van der Waals surface area contributed by atoms with Crippen LogP contribution >= 0.6 is 0 Å². The van der Waals surface area contributed by atoms with Crippen LogP contribution < -0.4 is 15.4 Å². The van der Waals surface area contributed by atoms with E-state index in [2.05, 4.69) is 59.4 Å². The van der Waals surface area contributed by atoms with E-state index >= 15 is 0 Å². The molecule has 0 aliphatic carbocycles. The van der Waals surface area contributed by atoms with Crippen molar-refractivity contribution in [1.82, 2.24) is 20.4 Å². The number of nitrogens with one attached hydrogen (secondary N) is 2. The number of likely N-dealkylation sites (N-methyl/N-ethyl adjacent to an activating group) is 1. The molecule has 0 saturated carbocycles. The second kappa shape index (κ2) is 15.9. The summed E-state index contributed by atoms with van der Waals surface area (Å²) in [5.41, 5.74) is 2.30. The van der Waals surface area contributed by atoms with Gasteiger partial charge in [-0.25, -0.2) is 4.99 Å². The Morgan fingerprint density at radius 2 is 1.78 bits per heavy atom. The van der Waals surface area contributed by atoms with Crippen molar-refractivity contribution in [2.24, 2.45) is 4.99 Å². The van der Waals surface area contributed by atoms with Crippen LogP contribution in [0, 0.1) is 6.92 Å². The van der Waals surface area contributed by atoms with Gasteiger partial charge in [0.15, 0.2) is 5.96 Å². The fourth-order valence-electron chi connectivity index (χ4n) is 3.81. The molecule has 0 spiro atoms. The minimum Gasteiger partial charge on any atom is -0.493 e. The van der Waals surface area contributed by atoms with Crippen molar-refractivity contribution < 1.29 is 9.47 Å². The Hall–Kier alpha value is -1.83. The summed E-state index contributed by atoms with van der Waals surface area (Å²) >= 11 is 0. The van der Waals surface area contributed by atoms with E-state index in [1.807, 2.05) is 0 Å². The number of methoxy groups -OCH3 is 1. The van der Waals surface area contributed by atoms with Gasteiger partial charge in [0.1, 0.15) is 5.75 Å². The van der Waals surface area contributed by atoms with Crippen LogP contribution in [0.2, 0.25) is 0 Å². The smallest absolute Gasteiger partial charge is 0.191 e. The summed E-state index contributed by atoms with van der Waals surface area (Å²) in [5, 5.41) is 6.85. The number of aliphatic imine (C=N–C) groups is 1. The van der Waals surface area contributed by atoms with E-state index < -0.39 is 0 Å². The highest BCUT2D eigenvalue weighted by atomic mass is 16.5. The molecule has 1 fully saturated rings. The molecule has 0 radical (unpaired) electrons. The van der Waals surface area contributed by atoms with Crippen molar-refractivity contribution in [2.75, 3.05) is 72.7 Å². The van der Waals surface area contributed by atoms with Gasteiger partial charge < -0.3 is 29.9 Å². The van der Waals surface area contributed by atoms with Crippen LogP contribution in [0.25, 0.3) is 0 Å². The number of guanidine groups is 1. The first-order valence-corrected chi connectivity index (χ1v) is 12.3. The number of unbranched alkanes of at least 4 members (excludes halogenated alkanes) is 1.